The van der Waals surface area contributed by atoms with Crippen molar-refractivity contribution < 1.29 is 18.0 Å². The smallest absolute Gasteiger partial charge is 0.321 e. The maximum absolute atomic E-state index is 13.9. The average Bonchev–Trinajstić information content (AvgIpc) is 3.56. The van der Waals surface area contributed by atoms with Gasteiger partial charge in [-0.1, -0.05) is 23.7 Å². The third kappa shape index (κ3) is 4.86. The van der Waals surface area contributed by atoms with E-state index in [0.717, 1.165) is 0 Å². The molecule has 192 valence electrons. The molecular formula is C24H21ClF3N7OS. The largest absolute Gasteiger partial charge is 0.333 e. The molecule has 1 aromatic carbocycles. The van der Waals surface area contributed by atoms with Gasteiger partial charge in [-0.3, -0.25) is 4.99 Å². The number of carbonyl (C=O) groups is 1. The number of halogens is 4. The molecule has 1 N–H and O–H groups in total. The Morgan fingerprint density at radius 1 is 1.32 bits per heavy atom. The van der Waals surface area contributed by atoms with Gasteiger partial charge in [-0.2, -0.15) is 13.9 Å². The van der Waals surface area contributed by atoms with Crippen LogP contribution in [-0.4, -0.2) is 56.2 Å². The van der Waals surface area contributed by atoms with Crippen LogP contribution in [-0.2, 0) is 0 Å². The molecule has 0 radical (unpaired) electrons. The van der Waals surface area contributed by atoms with E-state index < -0.39 is 18.4 Å². The Morgan fingerprint density at radius 2 is 2.16 bits per heavy atom. The summed E-state index contributed by atoms with van der Waals surface area (Å²) in [6.07, 6.45) is 4.82. The number of nitrogens with one attached hydrogen (secondary N) is 1. The van der Waals surface area contributed by atoms with Crippen LogP contribution in [0.5, 0.6) is 0 Å². The summed E-state index contributed by atoms with van der Waals surface area (Å²) in [5, 5.41) is 9.54. The number of hydrogen-bond acceptors (Lipinski definition) is 6. The molecular weight excluding hydrogens is 527 g/mol. The summed E-state index contributed by atoms with van der Waals surface area (Å²) in [6, 6.07) is 4.41. The lowest BCUT2D eigenvalue weighted by Gasteiger charge is -2.39. The number of nitrogens with zero attached hydrogens (tertiary/aromatic N) is 6. The predicted molar refractivity (Wildman–Crippen MR) is 135 cm³/mol. The van der Waals surface area contributed by atoms with E-state index in [1.165, 1.54) is 41.8 Å². The van der Waals surface area contributed by atoms with Crippen molar-refractivity contribution in [3.8, 4) is 0 Å². The van der Waals surface area contributed by atoms with Crippen molar-refractivity contribution in [2.45, 2.75) is 19.0 Å². The number of fused-ring (bicyclic) bond motifs is 1. The Morgan fingerprint density at radius 3 is 2.84 bits per heavy atom. The van der Waals surface area contributed by atoms with Gasteiger partial charge in [0.05, 0.1) is 12.4 Å². The van der Waals surface area contributed by atoms with Crippen LogP contribution in [0.2, 0.25) is 5.02 Å². The average molecular weight is 548 g/mol. The molecule has 37 heavy (non-hydrogen) atoms. The van der Waals surface area contributed by atoms with E-state index >= 15 is 0 Å². The molecule has 5 rings (SSSR count). The molecule has 2 amide bonds. The third-order valence-electron chi connectivity index (χ3n) is 6.03. The molecule has 2 aromatic heterocycles. The molecule has 0 unspecified atom stereocenters. The Labute approximate surface area is 219 Å². The highest BCUT2D eigenvalue weighted by Gasteiger charge is 2.37. The summed E-state index contributed by atoms with van der Waals surface area (Å²) in [6.45, 7) is 1.59. The predicted octanol–water partition coefficient (Wildman–Crippen LogP) is 5.30. The molecule has 1 saturated heterocycles. The maximum atomic E-state index is 13.9. The summed E-state index contributed by atoms with van der Waals surface area (Å²) >= 11 is 7.84. The van der Waals surface area contributed by atoms with E-state index in [-0.39, 0.29) is 23.4 Å². The van der Waals surface area contributed by atoms with Gasteiger partial charge in [-0.15, -0.1) is 17.9 Å². The van der Waals surface area contributed by atoms with E-state index in [2.05, 4.69) is 22.0 Å². The molecule has 13 heteroatoms. The van der Waals surface area contributed by atoms with Crippen LogP contribution in [0, 0.1) is 5.82 Å². The number of alkyl halides is 2. The quantitative estimate of drug-likeness (QED) is 0.425. The van der Waals surface area contributed by atoms with Crippen molar-refractivity contribution in [1.82, 2.24) is 29.9 Å². The first-order valence-electron chi connectivity index (χ1n) is 11.3. The first kappa shape index (κ1) is 25.0. The summed E-state index contributed by atoms with van der Waals surface area (Å²) in [4.78, 5) is 25.5. The number of hydrogen-bond donors (Lipinski definition) is 1. The normalized spacial score (nSPS) is 18.4. The van der Waals surface area contributed by atoms with Gasteiger partial charge in [-0.25, -0.2) is 18.9 Å². The molecule has 0 aliphatic carbocycles. The van der Waals surface area contributed by atoms with Crippen LogP contribution in [0.25, 0.3) is 5.57 Å². The van der Waals surface area contributed by atoms with Gasteiger partial charge in [-0.05, 0) is 18.2 Å². The minimum Gasteiger partial charge on any atom is -0.321 e. The summed E-state index contributed by atoms with van der Waals surface area (Å²) in [5.41, 5.74) is 2.00. The molecule has 0 bridgehead atoms. The van der Waals surface area contributed by atoms with Crippen LogP contribution in [0.1, 0.15) is 35.3 Å². The number of aromatic nitrogens is 3. The van der Waals surface area contributed by atoms with Crippen LogP contribution >= 0.6 is 22.9 Å². The Hall–Kier alpha value is -3.64. The second kappa shape index (κ2) is 10.4. The van der Waals surface area contributed by atoms with E-state index in [9.17, 15) is 18.0 Å². The Kier molecular flexibility index (Phi) is 7.02. The second-order valence-corrected chi connectivity index (χ2v) is 9.53. The lowest BCUT2D eigenvalue weighted by atomic mass is 9.91. The first-order chi connectivity index (χ1) is 17.9. The first-order valence-corrected chi connectivity index (χ1v) is 12.5. The van der Waals surface area contributed by atoms with Crippen LogP contribution in [0.3, 0.4) is 0 Å². The highest BCUT2D eigenvalue weighted by molar-refractivity contribution is 7.11. The van der Waals surface area contributed by atoms with Crippen molar-refractivity contribution >= 4 is 40.4 Å². The number of thiazole rings is 1. The summed E-state index contributed by atoms with van der Waals surface area (Å²) in [5.74, 6) is -0.0369. The number of amides is 2. The third-order valence-corrected chi connectivity index (χ3v) is 7.12. The van der Waals surface area contributed by atoms with Gasteiger partial charge in [0.25, 0.3) is 0 Å². The zero-order valence-electron chi connectivity index (χ0n) is 19.3. The lowest BCUT2D eigenvalue weighted by Crippen LogP contribution is -2.51. The molecule has 0 spiro atoms. The zero-order valence-corrected chi connectivity index (χ0v) is 20.9. The molecule has 2 aliphatic heterocycles. The number of amidine groups is 1. The molecule has 4 heterocycles. The number of aliphatic imine (C=N–C) groups is 1. The number of carbonyl (C=O) groups excluding carboxylic acids is 1. The highest BCUT2D eigenvalue weighted by atomic mass is 35.5. The molecule has 8 nitrogen and oxygen atoms in total. The van der Waals surface area contributed by atoms with Crippen LogP contribution < -0.4 is 5.32 Å². The van der Waals surface area contributed by atoms with Crippen molar-refractivity contribution in [2.75, 3.05) is 19.8 Å². The Balaban J connectivity index is 1.73. The number of urea groups is 1. The fourth-order valence-corrected chi connectivity index (χ4v) is 5.30. The molecule has 2 aliphatic rings. The molecule has 1 atom stereocenters. The minimum absolute atomic E-state index is 0.0587. The van der Waals surface area contributed by atoms with Gasteiger partial charge in [0, 0.05) is 59.1 Å². The molecule has 3 aromatic rings. The van der Waals surface area contributed by atoms with Crippen molar-refractivity contribution in [3.63, 3.8) is 0 Å². The van der Waals surface area contributed by atoms with E-state index in [1.54, 1.807) is 22.6 Å². The topological polar surface area (TPSA) is 78.7 Å². The van der Waals surface area contributed by atoms with Gasteiger partial charge in [0.15, 0.2) is 10.8 Å². The SMILES string of the molecule is C=CCN1CCC2=C(c3ccn(C(F)F)n3)[C@H](c3ccc(F)cc3Cl)N=C(c3nccs3)N2CNC1=O. The number of benzene rings is 1. The van der Waals surface area contributed by atoms with Crippen molar-refractivity contribution in [2.24, 2.45) is 4.99 Å². The zero-order chi connectivity index (χ0) is 26.1. The van der Waals surface area contributed by atoms with Gasteiger partial charge in [0.1, 0.15) is 11.9 Å². The molecule has 1 fully saturated rings. The standard InChI is InChI=1S/C24H21ClF3N7OS/c1-2-8-33-9-6-18-19(17-5-10-35(32-17)23(27)28)20(15-4-3-14(26)12-16(15)25)31-21(22-29-7-11-37-22)34(18)13-30-24(33)36/h2-5,7,10-12,20,23H,1,6,8-9,13H2,(H,30,36)/t20-/m0/s1. The van der Waals surface area contributed by atoms with Crippen molar-refractivity contribution in [3.05, 3.63) is 87.5 Å². The van der Waals surface area contributed by atoms with Gasteiger partial charge >= 0.3 is 12.6 Å². The monoisotopic (exact) mass is 547 g/mol. The highest BCUT2D eigenvalue weighted by Crippen LogP contribution is 2.44. The lowest BCUT2D eigenvalue weighted by molar-refractivity contribution is 0.0564. The summed E-state index contributed by atoms with van der Waals surface area (Å²) < 4.78 is 41.4. The fraction of sp³-hybridized carbons (Fsp3) is 0.250. The van der Waals surface area contributed by atoms with Gasteiger partial charge < -0.3 is 15.1 Å². The fourth-order valence-electron chi connectivity index (χ4n) is 4.39. The van der Waals surface area contributed by atoms with Crippen LogP contribution in [0.4, 0.5) is 18.0 Å². The van der Waals surface area contributed by atoms with Gasteiger partial charge in [0.2, 0.25) is 0 Å². The maximum Gasteiger partial charge on any atom is 0.333 e. The van der Waals surface area contributed by atoms with Crippen molar-refractivity contribution in [1.29, 1.82) is 0 Å². The van der Waals surface area contributed by atoms with E-state index in [4.69, 9.17) is 16.6 Å². The molecule has 0 saturated carbocycles. The second-order valence-electron chi connectivity index (χ2n) is 8.23. The van der Waals surface area contributed by atoms with E-state index in [0.29, 0.717) is 51.9 Å². The van der Waals surface area contributed by atoms with Crippen LogP contribution in [0.15, 0.2) is 65.4 Å². The summed E-state index contributed by atoms with van der Waals surface area (Å²) in [7, 11) is 0. The Bertz CT molecular complexity index is 1390. The minimum atomic E-state index is -2.83. The number of rotatable bonds is 6. The van der Waals surface area contributed by atoms with E-state index in [1.807, 2.05) is 4.90 Å².